The molecule has 3 heteroatoms. The van der Waals surface area contributed by atoms with Gasteiger partial charge >= 0.3 is 0 Å². The summed E-state index contributed by atoms with van der Waals surface area (Å²) in [4.78, 5) is 12.1. The number of methoxy groups -OCH3 is 1. The average molecular weight is 285 g/mol. The molecular weight excluding hydrogens is 262 g/mol. The normalized spacial score (nSPS) is 17.8. The van der Waals surface area contributed by atoms with Gasteiger partial charge in [-0.3, -0.25) is 4.79 Å². The topological polar surface area (TPSA) is 38.3 Å². The summed E-state index contributed by atoms with van der Waals surface area (Å²) in [7, 11) is 1.61. The molecule has 1 aliphatic rings. The highest BCUT2D eigenvalue weighted by molar-refractivity contribution is 5.94. The van der Waals surface area contributed by atoms with Gasteiger partial charge in [-0.25, -0.2) is 0 Å². The molecule has 1 amide bonds. The summed E-state index contributed by atoms with van der Waals surface area (Å²) in [6.07, 6.45) is 5.47. The van der Waals surface area contributed by atoms with Crippen molar-refractivity contribution >= 4 is 5.91 Å². The standard InChI is InChI=1S/C18H23NO2/c1-13(2)15-6-4-14(5-7-15)12-19-18(20)16-8-10-17(21-3)11-9-16/h4,8-11,15H,1,5-7,12H2,2-3H3,(H,19,20)/t15-/m1/s1. The summed E-state index contributed by atoms with van der Waals surface area (Å²) >= 11 is 0. The van der Waals surface area contributed by atoms with Gasteiger partial charge < -0.3 is 10.1 Å². The summed E-state index contributed by atoms with van der Waals surface area (Å²) in [6, 6.07) is 7.15. The van der Waals surface area contributed by atoms with E-state index in [9.17, 15) is 4.79 Å². The lowest BCUT2D eigenvalue weighted by atomic mass is 9.85. The summed E-state index contributed by atoms with van der Waals surface area (Å²) < 4.78 is 5.09. The van der Waals surface area contributed by atoms with Gasteiger partial charge in [-0.05, 0) is 56.4 Å². The molecule has 1 aromatic carbocycles. The third kappa shape index (κ3) is 4.22. The van der Waals surface area contributed by atoms with Gasteiger partial charge in [0.05, 0.1) is 7.11 Å². The molecule has 0 fully saturated rings. The zero-order valence-electron chi connectivity index (χ0n) is 12.8. The minimum absolute atomic E-state index is 0.0411. The van der Waals surface area contributed by atoms with Crippen LogP contribution in [-0.4, -0.2) is 19.6 Å². The largest absolute Gasteiger partial charge is 0.497 e. The van der Waals surface area contributed by atoms with Crippen LogP contribution in [0.3, 0.4) is 0 Å². The highest BCUT2D eigenvalue weighted by Crippen LogP contribution is 2.27. The summed E-state index contributed by atoms with van der Waals surface area (Å²) in [5.74, 6) is 1.32. The van der Waals surface area contributed by atoms with Crippen molar-refractivity contribution in [3.05, 3.63) is 53.6 Å². The monoisotopic (exact) mass is 285 g/mol. The quantitative estimate of drug-likeness (QED) is 0.837. The second-order valence-electron chi connectivity index (χ2n) is 5.59. The molecular formula is C18H23NO2. The minimum atomic E-state index is -0.0411. The molecule has 0 spiro atoms. The van der Waals surface area contributed by atoms with Gasteiger partial charge in [0.1, 0.15) is 5.75 Å². The van der Waals surface area contributed by atoms with E-state index in [2.05, 4.69) is 24.9 Å². The first-order valence-corrected chi connectivity index (χ1v) is 7.35. The van der Waals surface area contributed by atoms with Crippen LogP contribution in [0.25, 0.3) is 0 Å². The number of amides is 1. The van der Waals surface area contributed by atoms with Gasteiger partial charge in [0, 0.05) is 12.1 Å². The molecule has 21 heavy (non-hydrogen) atoms. The number of hydrogen-bond acceptors (Lipinski definition) is 2. The molecule has 1 aliphatic carbocycles. The number of nitrogens with one attached hydrogen (secondary N) is 1. The van der Waals surface area contributed by atoms with Crippen LogP contribution in [0.2, 0.25) is 0 Å². The summed E-state index contributed by atoms with van der Waals surface area (Å²) in [6.45, 7) is 6.75. The highest BCUT2D eigenvalue weighted by atomic mass is 16.5. The molecule has 0 saturated carbocycles. The smallest absolute Gasteiger partial charge is 0.251 e. The van der Waals surface area contributed by atoms with Crippen molar-refractivity contribution in [3.63, 3.8) is 0 Å². The van der Waals surface area contributed by atoms with Crippen LogP contribution < -0.4 is 10.1 Å². The zero-order chi connectivity index (χ0) is 15.2. The first-order valence-electron chi connectivity index (χ1n) is 7.35. The molecule has 0 bridgehead atoms. The molecule has 112 valence electrons. The van der Waals surface area contributed by atoms with Crippen molar-refractivity contribution in [2.45, 2.75) is 26.2 Å². The molecule has 0 heterocycles. The Kier molecular flexibility index (Phi) is 5.20. The molecule has 1 N–H and O–H groups in total. The maximum absolute atomic E-state index is 12.1. The number of carbonyl (C=O) groups is 1. The van der Waals surface area contributed by atoms with Crippen LogP contribution in [0.15, 0.2) is 48.1 Å². The SMILES string of the molecule is C=C(C)[C@@H]1CC=C(CNC(=O)c2ccc(OC)cc2)CC1. The Labute approximate surface area is 126 Å². The molecule has 0 radical (unpaired) electrons. The maximum Gasteiger partial charge on any atom is 0.251 e. The van der Waals surface area contributed by atoms with Crippen molar-refractivity contribution < 1.29 is 9.53 Å². The van der Waals surface area contributed by atoms with E-state index in [0.29, 0.717) is 18.0 Å². The number of rotatable bonds is 5. The second-order valence-corrected chi connectivity index (χ2v) is 5.59. The van der Waals surface area contributed by atoms with Gasteiger partial charge in [0.2, 0.25) is 0 Å². The zero-order valence-corrected chi connectivity index (χ0v) is 12.8. The van der Waals surface area contributed by atoms with E-state index in [4.69, 9.17) is 4.74 Å². The van der Waals surface area contributed by atoms with Gasteiger partial charge in [-0.2, -0.15) is 0 Å². The number of allylic oxidation sites excluding steroid dienone is 2. The van der Waals surface area contributed by atoms with Crippen LogP contribution in [0.4, 0.5) is 0 Å². The fourth-order valence-electron chi connectivity index (χ4n) is 2.53. The summed E-state index contributed by atoms with van der Waals surface area (Å²) in [5.41, 5.74) is 3.23. The molecule has 0 aromatic heterocycles. The predicted octanol–water partition coefficient (Wildman–Crippen LogP) is 3.73. The van der Waals surface area contributed by atoms with Crippen molar-refractivity contribution in [1.82, 2.24) is 5.32 Å². The molecule has 1 atom stereocenters. The predicted molar refractivity (Wildman–Crippen MR) is 85.6 cm³/mol. The third-order valence-corrected chi connectivity index (χ3v) is 4.03. The van der Waals surface area contributed by atoms with Crippen molar-refractivity contribution in [2.75, 3.05) is 13.7 Å². The second kappa shape index (κ2) is 7.11. The first-order chi connectivity index (χ1) is 10.1. The van der Waals surface area contributed by atoms with E-state index < -0.39 is 0 Å². The third-order valence-electron chi connectivity index (χ3n) is 4.03. The van der Waals surface area contributed by atoms with Crippen LogP contribution in [0.1, 0.15) is 36.5 Å². The van der Waals surface area contributed by atoms with E-state index in [1.807, 2.05) is 0 Å². The Balaban J connectivity index is 1.85. The van der Waals surface area contributed by atoms with Crippen molar-refractivity contribution in [1.29, 1.82) is 0 Å². The Morgan fingerprint density at radius 1 is 1.38 bits per heavy atom. The Bertz CT molecular complexity index is 543. The molecule has 1 aromatic rings. The van der Waals surface area contributed by atoms with Crippen LogP contribution >= 0.6 is 0 Å². The number of ether oxygens (including phenoxy) is 1. The van der Waals surface area contributed by atoms with Crippen LogP contribution in [0.5, 0.6) is 5.75 Å². The lowest BCUT2D eigenvalue weighted by Crippen LogP contribution is -2.26. The number of carbonyl (C=O) groups excluding carboxylic acids is 1. The lowest BCUT2D eigenvalue weighted by Gasteiger charge is -2.22. The Morgan fingerprint density at radius 2 is 2.10 bits per heavy atom. The summed E-state index contributed by atoms with van der Waals surface area (Å²) in [5, 5.41) is 2.98. The molecule has 3 nitrogen and oxygen atoms in total. The average Bonchev–Trinajstić information content (AvgIpc) is 2.53. The first kappa shape index (κ1) is 15.4. The minimum Gasteiger partial charge on any atom is -0.497 e. The van der Waals surface area contributed by atoms with Gasteiger partial charge in [0.25, 0.3) is 5.91 Å². The highest BCUT2D eigenvalue weighted by Gasteiger charge is 2.15. The molecule has 2 rings (SSSR count). The molecule has 0 unspecified atom stereocenters. The number of hydrogen-bond donors (Lipinski definition) is 1. The van der Waals surface area contributed by atoms with Crippen molar-refractivity contribution in [2.24, 2.45) is 5.92 Å². The number of benzene rings is 1. The maximum atomic E-state index is 12.1. The lowest BCUT2D eigenvalue weighted by molar-refractivity contribution is 0.0956. The Hall–Kier alpha value is -2.03. The van der Waals surface area contributed by atoms with E-state index in [-0.39, 0.29) is 5.91 Å². The van der Waals surface area contributed by atoms with E-state index >= 15 is 0 Å². The van der Waals surface area contributed by atoms with E-state index in [0.717, 1.165) is 25.0 Å². The fraction of sp³-hybridized carbons (Fsp3) is 0.389. The molecule has 0 aliphatic heterocycles. The van der Waals surface area contributed by atoms with Crippen molar-refractivity contribution in [3.8, 4) is 5.75 Å². The Morgan fingerprint density at radius 3 is 2.62 bits per heavy atom. The van der Waals surface area contributed by atoms with Crippen LogP contribution in [0, 0.1) is 5.92 Å². The van der Waals surface area contributed by atoms with E-state index in [1.54, 1.807) is 31.4 Å². The van der Waals surface area contributed by atoms with E-state index in [1.165, 1.54) is 11.1 Å². The van der Waals surface area contributed by atoms with Gasteiger partial charge in [-0.1, -0.05) is 23.8 Å². The van der Waals surface area contributed by atoms with Crippen LogP contribution in [-0.2, 0) is 0 Å². The molecule has 0 saturated heterocycles. The van der Waals surface area contributed by atoms with Gasteiger partial charge in [0.15, 0.2) is 0 Å². The van der Waals surface area contributed by atoms with Gasteiger partial charge in [-0.15, -0.1) is 0 Å². The fourth-order valence-corrected chi connectivity index (χ4v) is 2.53.